The van der Waals surface area contributed by atoms with Crippen LogP contribution < -0.4 is 10.2 Å². The molecule has 0 bridgehead atoms. The van der Waals surface area contributed by atoms with Gasteiger partial charge in [-0.2, -0.15) is 13.2 Å². The second-order valence-electron chi connectivity index (χ2n) is 6.71. The summed E-state index contributed by atoms with van der Waals surface area (Å²) >= 11 is 0. The highest BCUT2D eigenvalue weighted by atomic mass is 19.4. The maximum atomic E-state index is 12.4. The van der Waals surface area contributed by atoms with Crippen LogP contribution >= 0.6 is 0 Å². The van der Waals surface area contributed by atoms with Gasteiger partial charge in [-0.25, -0.2) is 9.97 Å². The Labute approximate surface area is 159 Å². The lowest BCUT2D eigenvalue weighted by Crippen LogP contribution is -2.44. The number of carbonyl (C=O) groups excluding carboxylic acids is 1. The molecule has 8 heteroatoms. The molecule has 144 valence electrons. The van der Waals surface area contributed by atoms with E-state index < -0.39 is 18.1 Å². The molecule has 4 rings (SSSR count). The summed E-state index contributed by atoms with van der Waals surface area (Å²) in [5.74, 6) is -1.47. The van der Waals surface area contributed by atoms with Gasteiger partial charge in [0, 0.05) is 30.9 Å². The van der Waals surface area contributed by atoms with Crippen molar-refractivity contribution in [3.8, 4) is 11.3 Å². The number of nitrogens with zero attached hydrogens (tertiary/aromatic N) is 3. The van der Waals surface area contributed by atoms with Gasteiger partial charge in [-0.15, -0.1) is 0 Å². The third-order valence-electron chi connectivity index (χ3n) is 4.75. The highest BCUT2D eigenvalue weighted by Crippen LogP contribution is 2.25. The van der Waals surface area contributed by atoms with Crippen molar-refractivity contribution in [2.24, 2.45) is 0 Å². The lowest BCUT2D eigenvalue weighted by Gasteiger charge is -2.18. The smallest absolute Gasteiger partial charge is 0.344 e. The standard InChI is InChI=1S/C20H17F3N4O/c21-20(22,23)18(28)25-16-8-10-27(12-16)19-24-9-7-17(26-19)15-6-5-13-3-1-2-4-14(13)11-15/h1-7,9,11,16H,8,10,12H2,(H,25,28)/t16-/m1/s1. The molecule has 2 heterocycles. The lowest BCUT2D eigenvalue weighted by atomic mass is 10.1. The van der Waals surface area contributed by atoms with Crippen molar-refractivity contribution in [2.45, 2.75) is 18.6 Å². The lowest BCUT2D eigenvalue weighted by molar-refractivity contribution is -0.174. The van der Waals surface area contributed by atoms with E-state index in [-0.39, 0.29) is 6.54 Å². The van der Waals surface area contributed by atoms with E-state index >= 15 is 0 Å². The molecular weight excluding hydrogens is 369 g/mol. The summed E-state index contributed by atoms with van der Waals surface area (Å²) in [4.78, 5) is 21.7. The summed E-state index contributed by atoms with van der Waals surface area (Å²) in [5, 5.41) is 4.25. The van der Waals surface area contributed by atoms with Gasteiger partial charge in [0.25, 0.3) is 0 Å². The van der Waals surface area contributed by atoms with Gasteiger partial charge in [0.1, 0.15) is 0 Å². The Balaban J connectivity index is 1.52. The molecule has 2 aromatic carbocycles. The molecule has 0 radical (unpaired) electrons. The van der Waals surface area contributed by atoms with E-state index in [0.717, 1.165) is 22.0 Å². The van der Waals surface area contributed by atoms with Crippen LogP contribution in [0.4, 0.5) is 19.1 Å². The van der Waals surface area contributed by atoms with Crippen LogP contribution in [-0.2, 0) is 4.79 Å². The molecule has 28 heavy (non-hydrogen) atoms. The van der Waals surface area contributed by atoms with Crippen molar-refractivity contribution < 1.29 is 18.0 Å². The Kier molecular flexibility index (Phi) is 4.62. The minimum Gasteiger partial charge on any atom is -0.344 e. The third kappa shape index (κ3) is 3.76. The molecule has 0 saturated carbocycles. The molecule has 1 fully saturated rings. The second-order valence-corrected chi connectivity index (χ2v) is 6.71. The molecule has 1 aromatic heterocycles. The summed E-state index contributed by atoms with van der Waals surface area (Å²) in [6.45, 7) is 0.715. The number of carbonyl (C=O) groups is 1. The number of anilines is 1. The Morgan fingerprint density at radius 2 is 1.89 bits per heavy atom. The Hall–Kier alpha value is -3.16. The molecule has 1 aliphatic rings. The summed E-state index contributed by atoms with van der Waals surface area (Å²) in [6, 6.07) is 15.3. The van der Waals surface area contributed by atoms with E-state index in [1.807, 2.05) is 47.8 Å². The van der Waals surface area contributed by atoms with Crippen LogP contribution in [0.25, 0.3) is 22.0 Å². The predicted molar refractivity (Wildman–Crippen MR) is 99.8 cm³/mol. The van der Waals surface area contributed by atoms with Gasteiger partial charge < -0.3 is 10.2 Å². The Morgan fingerprint density at radius 1 is 1.11 bits per heavy atom. The van der Waals surface area contributed by atoms with Crippen LogP contribution in [0.2, 0.25) is 0 Å². The molecule has 3 aromatic rings. The van der Waals surface area contributed by atoms with Gasteiger partial charge in [0.15, 0.2) is 0 Å². The van der Waals surface area contributed by atoms with Gasteiger partial charge in [-0.3, -0.25) is 4.79 Å². The number of aromatic nitrogens is 2. The van der Waals surface area contributed by atoms with Crippen LogP contribution in [0.15, 0.2) is 54.7 Å². The number of nitrogens with one attached hydrogen (secondary N) is 1. The first kappa shape index (κ1) is 18.2. The molecule has 1 N–H and O–H groups in total. The Bertz CT molecular complexity index is 1020. The summed E-state index contributed by atoms with van der Waals surface area (Å²) in [6.07, 6.45) is -2.83. The van der Waals surface area contributed by atoms with Crippen molar-refractivity contribution in [3.05, 3.63) is 54.7 Å². The SMILES string of the molecule is O=C(N[C@@H]1CCN(c2nccc(-c3ccc4ccccc4c3)n2)C1)C(F)(F)F. The van der Waals surface area contributed by atoms with Gasteiger partial charge in [-0.05, 0) is 29.3 Å². The van der Waals surface area contributed by atoms with Crippen LogP contribution in [-0.4, -0.2) is 41.2 Å². The zero-order valence-corrected chi connectivity index (χ0v) is 14.8. The number of alkyl halides is 3. The number of halogens is 3. The molecule has 1 aliphatic heterocycles. The molecule has 0 aliphatic carbocycles. The second kappa shape index (κ2) is 7.10. The predicted octanol–water partition coefficient (Wildman–Crippen LogP) is 3.55. The van der Waals surface area contributed by atoms with E-state index in [2.05, 4.69) is 9.97 Å². The molecule has 1 saturated heterocycles. The third-order valence-corrected chi connectivity index (χ3v) is 4.75. The van der Waals surface area contributed by atoms with Gasteiger partial charge >= 0.3 is 12.1 Å². The molecule has 0 unspecified atom stereocenters. The highest BCUT2D eigenvalue weighted by Gasteiger charge is 2.40. The van der Waals surface area contributed by atoms with Crippen molar-refractivity contribution in [1.29, 1.82) is 0 Å². The number of benzene rings is 2. The van der Waals surface area contributed by atoms with Gasteiger partial charge in [0.2, 0.25) is 5.95 Å². The van der Waals surface area contributed by atoms with Crippen LogP contribution in [0.1, 0.15) is 6.42 Å². The summed E-state index contributed by atoms with van der Waals surface area (Å²) < 4.78 is 37.3. The highest BCUT2D eigenvalue weighted by molar-refractivity contribution is 5.86. The van der Waals surface area contributed by atoms with Crippen molar-refractivity contribution in [3.63, 3.8) is 0 Å². The topological polar surface area (TPSA) is 58.1 Å². The maximum Gasteiger partial charge on any atom is 0.471 e. The quantitative estimate of drug-likeness (QED) is 0.748. The van der Waals surface area contributed by atoms with Crippen LogP contribution in [0.3, 0.4) is 0 Å². The molecule has 1 atom stereocenters. The minimum atomic E-state index is -4.88. The first-order valence-electron chi connectivity index (χ1n) is 8.85. The van der Waals surface area contributed by atoms with Gasteiger partial charge in [-0.1, -0.05) is 36.4 Å². The first-order valence-corrected chi connectivity index (χ1v) is 8.85. The maximum absolute atomic E-state index is 12.4. The van der Waals surface area contributed by atoms with E-state index in [9.17, 15) is 18.0 Å². The Morgan fingerprint density at radius 3 is 2.68 bits per heavy atom. The number of fused-ring (bicyclic) bond motifs is 1. The monoisotopic (exact) mass is 386 g/mol. The molecule has 0 spiro atoms. The number of hydrogen-bond donors (Lipinski definition) is 1. The molecule has 1 amide bonds. The number of rotatable bonds is 3. The largest absolute Gasteiger partial charge is 0.471 e. The number of amides is 1. The average Bonchev–Trinajstić information content (AvgIpc) is 3.15. The van der Waals surface area contributed by atoms with Crippen molar-refractivity contribution in [2.75, 3.05) is 18.0 Å². The van der Waals surface area contributed by atoms with E-state index in [4.69, 9.17) is 0 Å². The van der Waals surface area contributed by atoms with Gasteiger partial charge in [0.05, 0.1) is 5.69 Å². The van der Waals surface area contributed by atoms with Crippen molar-refractivity contribution >= 4 is 22.6 Å². The fraction of sp³-hybridized carbons (Fsp3) is 0.250. The van der Waals surface area contributed by atoms with E-state index in [1.54, 1.807) is 17.2 Å². The van der Waals surface area contributed by atoms with Crippen LogP contribution in [0.5, 0.6) is 0 Å². The molecule has 5 nitrogen and oxygen atoms in total. The van der Waals surface area contributed by atoms with Crippen molar-refractivity contribution in [1.82, 2.24) is 15.3 Å². The zero-order valence-electron chi connectivity index (χ0n) is 14.8. The zero-order chi connectivity index (χ0) is 19.7. The fourth-order valence-electron chi connectivity index (χ4n) is 3.34. The number of hydrogen-bond acceptors (Lipinski definition) is 4. The van der Waals surface area contributed by atoms with E-state index in [1.165, 1.54) is 0 Å². The fourth-order valence-corrected chi connectivity index (χ4v) is 3.34. The minimum absolute atomic E-state index is 0.239. The van der Waals surface area contributed by atoms with E-state index in [0.29, 0.717) is 18.9 Å². The normalized spacial score (nSPS) is 17.1. The summed E-state index contributed by atoms with van der Waals surface area (Å²) in [5.41, 5.74) is 1.67. The molecular formula is C20H17F3N4O. The first-order chi connectivity index (χ1) is 13.4. The summed E-state index contributed by atoms with van der Waals surface area (Å²) in [7, 11) is 0. The van der Waals surface area contributed by atoms with Crippen LogP contribution in [0, 0.1) is 0 Å². The average molecular weight is 386 g/mol.